The smallest absolute Gasteiger partial charge is 0.136 e. The van der Waals surface area contributed by atoms with Gasteiger partial charge in [-0.2, -0.15) is 0 Å². The van der Waals surface area contributed by atoms with Crippen molar-refractivity contribution < 1.29 is 14.7 Å². The van der Waals surface area contributed by atoms with Gasteiger partial charge in [-0.15, -0.1) is 0 Å². The molecule has 0 amide bonds. The highest BCUT2D eigenvalue weighted by atomic mass is 16.3. The second-order valence-corrected chi connectivity index (χ2v) is 8.14. The average molecular weight is 298 g/mol. The fourth-order valence-corrected chi connectivity index (χ4v) is 2.19. The second kappa shape index (κ2) is 8.67. The summed E-state index contributed by atoms with van der Waals surface area (Å²) in [5.41, 5.74) is -0.102. The monoisotopic (exact) mass is 298 g/mol. The lowest BCUT2D eigenvalue weighted by Crippen LogP contribution is -2.31. The zero-order chi connectivity index (χ0) is 16.7. The molecule has 0 aromatic carbocycles. The number of ketones is 2. The molecule has 0 rings (SSSR count). The van der Waals surface area contributed by atoms with Crippen LogP contribution >= 0.6 is 0 Å². The predicted molar refractivity (Wildman–Crippen MR) is 87.2 cm³/mol. The van der Waals surface area contributed by atoms with Crippen molar-refractivity contribution >= 4 is 11.6 Å². The van der Waals surface area contributed by atoms with Crippen LogP contribution in [0.15, 0.2) is 0 Å². The lowest BCUT2D eigenvalue weighted by atomic mass is 9.77. The van der Waals surface area contributed by atoms with Gasteiger partial charge in [-0.05, 0) is 30.1 Å². The topological polar surface area (TPSA) is 54.4 Å². The van der Waals surface area contributed by atoms with Gasteiger partial charge in [0.2, 0.25) is 0 Å². The molecule has 0 spiro atoms. The third-order valence-corrected chi connectivity index (χ3v) is 4.32. The van der Waals surface area contributed by atoms with Gasteiger partial charge in [0.25, 0.3) is 0 Å². The van der Waals surface area contributed by atoms with Crippen molar-refractivity contribution in [2.24, 2.45) is 16.7 Å². The molecule has 0 aliphatic heterocycles. The van der Waals surface area contributed by atoms with E-state index in [0.717, 1.165) is 12.8 Å². The van der Waals surface area contributed by atoms with Crippen LogP contribution in [0.5, 0.6) is 0 Å². The Bertz CT molecular complexity index is 337. The van der Waals surface area contributed by atoms with Crippen LogP contribution in [-0.4, -0.2) is 23.3 Å². The fraction of sp³-hybridized carbons (Fsp3) is 0.889. The largest absolute Gasteiger partial charge is 0.396 e. The maximum atomic E-state index is 12.1. The molecule has 0 saturated heterocycles. The van der Waals surface area contributed by atoms with E-state index in [2.05, 4.69) is 20.8 Å². The van der Waals surface area contributed by atoms with Crippen LogP contribution in [0.3, 0.4) is 0 Å². The number of hydrogen-bond donors (Lipinski definition) is 1. The Kier molecular flexibility index (Phi) is 8.38. The maximum Gasteiger partial charge on any atom is 0.136 e. The minimum Gasteiger partial charge on any atom is -0.396 e. The van der Waals surface area contributed by atoms with E-state index in [1.165, 1.54) is 0 Å². The molecule has 0 aromatic heterocycles. The molecule has 0 saturated carbocycles. The molecular weight excluding hydrogens is 264 g/mol. The molecule has 0 aliphatic rings. The molecule has 0 aromatic rings. The van der Waals surface area contributed by atoms with E-state index in [4.69, 9.17) is 0 Å². The third kappa shape index (κ3) is 9.02. The second-order valence-electron chi connectivity index (χ2n) is 8.14. The molecule has 1 unspecified atom stereocenters. The Labute approximate surface area is 130 Å². The van der Waals surface area contributed by atoms with Gasteiger partial charge >= 0.3 is 0 Å². The lowest BCUT2D eigenvalue weighted by Gasteiger charge is -2.28. The normalized spacial score (nSPS) is 14.0. The Hall–Kier alpha value is -0.700. The first-order chi connectivity index (χ1) is 9.49. The van der Waals surface area contributed by atoms with Crippen molar-refractivity contribution in [1.82, 2.24) is 0 Å². The van der Waals surface area contributed by atoms with E-state index in [1.807, 2.05) is 20.8 Å². The number of carbonyl (C=O) groups is 2. The van der Waals surface area contributed by atoms with E-state index in [9.17, 15) is 14.7 Å². The van der Waals surface area contributed by atoms with Crippen LogP contribution in [0.1, 0.15) is 80.1 Å². The highest BCUT2D eigenvalue weighted by Crippen LogP contribution is 2.28. The Morgan fingerprint density at radius 1 is 0.952 bits per heavy atom. The number of Topliss-reactive ketones (excluding diaryl/α,β-unsaturated/α-hetero) is 2. The molecular formula is C18H34O3. The summed E-state index contributed by atoms with van der Waals surface area (Å²) in [5, 5.41) is 9.28. The standard InChI is InChI=1S/C18H34O3/c1-14(18(5,6)13-19)16(21)11-7-9-15(20)10-8-12-17(2,3)4/h14,19H,7-13H2,1-6H3. The van der Waals surface area contributed by atoms with Gasteiger partial charge in [-0.25, -0.2) is 0 Å². The molecule has 0 radical (unpaired) electrons. The van der Waals surface area contributed by atoms with Gasteiger partial charge < -0.3 is 5.11 Å². The number of hydrogen-bond acceptors (Lipinski definition) is 3. The van der Waals surface area contributed by atoms with Gasteiger partial charge in [0.15, 0.2) is 0 Å². The number of aliphatic hydroxyl groups excluding tert-OH is 1. The Balaban J connectivity index is 3.94. The van der Waals surface area contributed by atoms with E-state index in [1.54, 1.807) is 0 Å². The minimum atomic E-state index is -0.381. The molecule has 3 heteroatoms. The highest BCUT2D eigenvalue weighted by Gasteiger charge is 2.30. The number of aliphatic hydroxyl groups is 1. The van der Waals surface area contributed by atoms with Crippen LogP contribution in [0.2, 0.25) is 0 Å². The van der Waals surface area contributed by atoms with Crippen LogP contribution in [0.25, 0.3) is 0 Å². The first kappa shape index (κ1) is 20.3. The Morgan fingerprint density at radius 2 is 1.48 bits per heavy atom. The van der Waals surface area contributed by atoms with E-state index in [0.29, 0.717) is 25.7 Å². The molecule has 0 bridgehead atoms. The predicted octanol–water partition coefficient (Wildman–Crippen LogP) is 4.17. The first-order valence-corrected chi connectivity index (χ1v) is 8.15. The van der Waals surface area contributed by atoms with Crippen LogP contribution in [-0.2, 0) is 9.59 Å². The zero-order valence-corrected chi connectivity index (χ0v) is 14.8. The third-order valence-electron chi connectivity index (χ3n) is 4.32. The Morgan fingerprint density at radius 3 is 1.95 bits per heavy atom. The molecule has 3 nitrogen and oxygen atoms in total. The van der Waals surface area contributed by atoms with Gasteiger partial charge in [-0.3, -0.25) is 9.59 Å². The van der Waals surface area contributed by atoms with E-state index < -0.39 is 0 Å². The first-order valence-electron chi connectivity index (χ1n) is 8.15. The van der Waals surface area contributed by atoms with E-state index in [-0.39, 0.29) is 34.9 Å². The number of carbonyl (C=O) groups excluding carboxylic acids is 2. The minimum absolute atomic E-state index is 0.00560. The van der Waals surface area contributed by atoms with Crippen LogP contribution < -0.4 is 0 Å². The van der Waals surface area contributed by atoms with Crippen LogP contribution in [0.4, 0.5) is 0 Å². The van der Waals surface area contributed by atoms with Gasteiger partial charge in [0.05, 0.1) is 0 Å². The maximum absolute atomic E-state index is 12.1. The summed E-state index contributed by atoms with van der Waals surface area (Å²) in [6, 6.07) is 0. The molecule has 1 atom stereocenters. The van der Waals surface area contributed by atoms with Crippen molar-refractivity contribution in [2.75, 3.05) is 6.61 Å². The molecule has 21 heavy (non-hydrogen) atoms. The molecule has 0 aliphatic carbocycles. The average Bonchev–Trinajstić information content (AvgIpc) is 2.36. The summed E-state index contributed by atoms with van der Waals surface area (Å²) in [5.74, 6) is 0.246. The van der Waals surface area contributed by atoms with Crippen LogP contribution in [0, 0.1) is 16.7 Å². The molecule has 0 fully saturated rings. The summed E-state index contributed by atoms with van der Waals surface area (Å²) in [6.07, 6.45) is 4.20. The summed E-state index contributed by atoms with van der Waals surface area (Å²) in [6.45, 7) is 12.2. The summed E-state index contributed by atoms with van der Waals surface area (Å²) >= 11 is 0. The molecule has 1 N–H and O–H groups in total. The van der Waals surface area contributed by atoms with E-state index >= 15 is 0 Å². The summed E-state index contributed by atoms with van der Waals surface area (Å²) in [7, 11) is 0. The van der Waals surface area contributed by atoms with Gasteiger partial charge in [0, 0.05) is 31.8 Å². The van der Waals surface area contributed by atoms with Crippen molar-refractivity contribution in [3.05, 3.63) is 0 Å². The molecule has 0 heterocycles. The van der Waals surface area contributed by atoms with Gasteiger partial charge in [-0.1, -0.05) is 41.5 Å². The number of rotatable bonds is 10. The summed E-state index contributed by atoms with van der Waals surface area (Å²) < 4.78 is 0. The fourth-order valence-electron chi connectivity index (χ4n) is 2.19. The highest BCUT2D eigenvalue weighted by molar-refractivity contribution is 5.83. The van der Waals surface area contributed by atoms with Gasteiger partial charge in [0.1, 0.15) is 11.6 Å². The quantitative estimate of drug-likeness (QED) is 0.658. The molecule has 124 valence electrons. The lowest BCUT2D eigenvalue weighted by molar-refractivity contribution is -0.127. The van der Waals surface area contributed by atoms with Crippen molar-refractivity contribution in [3.8, 4) is 0 Å². The SMILES string of the molecule is CC(C(=O)CCCC(=O)CCCC(C)(C)C)C(C)(C)CO. The van der Waals surface area contributed by atoms with Crippen molar-refractivity contribution in [2.45, 2.75) is 80.1 Å². The summed E-state index contributed by atoms with van der Waals surface area (Å²) in [4.78, 5) is 23.8. The van der Waals surface area contributed by atoms with Crippen molar-refractivity contribution in [1.29, 1.82) is 0 Å². The zero-order valence-electron chi connectivity index (χ0n) is 14.8. The van der Waals surface area contributed by atoms with Crippen molar-refractivity contribution in [3.63, 3.8) is 0 Å².